The van der Waals surface area contributed by atoms with Gasteiger partial charge in [0.15, 0.2) is 11.6 Å². The molecule has 38 heavy (non-hydrogen) atoms. The quantitative estimate of drug-likeness (QED) is 0.350. The number of nitrogens with zero attached hydrogens (tertiary/aromatic N) is 2. The minimum atomic E-state index is -1.41. The van der Waals surface area contributed by atoms with Crippen LogP contribution < -0.4 is 5.73 Å². The predicted octanol–water partition coefficient (Wildman–Crippen LogP) is 1.50. The number of carboxylic acids is 2. The second-order valence-corrected chi connectivity index (χ2v) is 8.94. The maximum atomic E-state index is 13.9. The van der Waals surface area contributed by atoms with Crippen molar-refractivity contribution in [2.75, 3.05) is 26.2 Å². The van der Waals surface area contributed by atoms with Crippen LogP contribution in [0.25, 0.3) is 0 Å². The summed E-state index contributed by atoms with van der Waals surface area (Å²) < 4.78 is 40.5. The molecule has 0 saturated carbocycles. The first-order valence-electron chi connectivity index (χ1n) is 11.6. The fourth-order valence-corrected chi connectivity index (χ4v) is 4.34. The molecule has 0 unspecified atom stereocenters. The second kappa shape index (κ2) is 12.0. The van der Waals surface area contributed by atoms with E-state index in [1.54, 1.807) is 0 Å². The molecule has 0 radical (unpaired) electrons. The van der Waals surface area contributed by atoms with E-state index in [1.165, 1.54) is 9.80 Å². The normalized spacial score (nSPS) is 16.3. The fraction of sp³-hybridized carbons (Fsp3) is 0.360. The number of piperazine rings is 1. The number of aliphatic hydroxyl groups excluding tert-OH is 1. The van der Waals surface area contributed by atoms with Crippen LogP contribution in [0.3, 0.4) is 0 Å². The number of hydrogen-bond acceptors (Lipinski definition) is 6. The molecule has 2 aromatic rings. The van der Waals surface area contributed by atoms with Crippen molar-refractivity contribution in [2.24, 2.45) is 5.73 Å². The van der Waals surface area contributed by atoms with Crippen LogP contribution in [0.15, 0.2) is 30.3 Å². The Bertz CT molecular complexity index is 1220. The number of aromatic carboxylic acids is 2. The molecule has 3 rings (SSSR count). The van der Waals surface area contributed by atoms with Gasteiger partial charge in [-0.2, -0.15) is 0 Å². The summed E-state index contributed by atoms with van der Waals surface area (Å²) in [4.78, 5) is 51.6. The molecule has 1 fully saturated rings. The lowest BCUT2D eigenvalue weighted by Gasteiger charge is -2.41. The number of halogens is 3. The number of hydrogen-bond donors (Lipinski definition) is 4. The number of carbonyl (C=O) groups is 4. The van der Waals surface area contributed by atoms with Crippen LogP contribution in [0.1, 0.15) is 49.5 Å². The molecule has 1 aliphatic rings. The number of amides is 2. The maximum Gasteiger partial charge on any atom is 0.335 e. The highest BCUT2D eigenvalue weighted by atomic mass is 19.2. The molecule has 5 N–H and O–H groups in total. The third kappa shape index (κ3) is 6.66. The molecule has 2 atom stereocenters. The number of carbonyl (C=O) groups excluding carboxylic acids is 2. The molecule has 0 bridgehead atoms. The lowest BCUT2D eigenvalue weighted by atomic mass is 10.0. The van der Waals surface area contributed by atoms with Crippen molar-refractivity contribution < 1.29 is 47.7 Å². The van der Waals surface area contributed by atoms with Gasteiger partial charge >= 0.3 is 11.9 Å². The Balaban J connectivity index is 1.71. The minimum absolute atomic E-state index is 0.00179. The average Bonchev–Trinajstić information content (AvgIpc) is 2.86. The molecular weight excluding hydrogens is 511 g/mol. The standard InChI is InChI=1S/C25H26F3N3O7/c26-19-11-21(28)20(27)9-13(19)8-17(29)10-22(33)30-2-3-31(18(12-30)1-4-32)23(34)14-5-15(24(35)36)7-16(6-14)25(37)38/h5-7,9,11,17-18,32H,1-4,8,10,12,29H2,(H,35,36)(H,37,38)/t17-,18+/m1/s1. The van der Waals surface area contributed by atoms with Crippen molar-refractivity contribution in [1.82, 2.24) is 9.80 Å². The van der Waals surface area contributed by atoms with Gasteiger partial charge in [0.25, 0.3) is 5.91 Å². The molecule has 1 saturated heterocycles. The van der Waals surface area contributed by atoms with Gasteiger partial charge in [-0.1, -0.05) is 0 Å². The third-order valence-electron chi connectivity index (χ3n) is 6.24. The van der Waals surface area contributed by atoms with Crippen molar-refractivity contribution in [1.29, 1.82) is 0 Å². The van der Waals surface area contributed by atoms with Crippen molar-refractivity contribution in [3.63, 3.8) is 0 Å². The average molecular weight is 537 g/mol. The Morgan fingerprint density at radius 2 is 1.47 bits per heavy atom. The summed E-state index contributed by atoms with van der Waals surface area (Å²) in [5.74, 6) is -7.49. The zero-order valence-electron chi connectivity index (χ0n) is 20.1. The van der Waals surface area contributed by atoms with Gasteiger partial charge in [-0.15, -0.1) is 0 Å². The summed E-state index contributed by atoms with van der Waals surface area (Å²) in [6.45, 7) is -0.270. The number of aliphatic hydroxyl groups is 1. The highest BCUT2D eigenvalue weighted by Crippen LogP contribution is 2.21. The molecule has 2 aromatic carbocycles. The number of rotatable bonds is 9. The highest BCUT2D eigenvalue weighted by Gasteiger charge is 2.33. The molecule has 2 amide bonds. The van der Waals surface area contributed by atoms with Crippen LogP contribution in [-0.2, 0) is 11.2 Å². The lowest BCUT2D eigenvalue weighted by molar-refractivity contribution is -0.134. The van der Waals surface area contributed by atoms with Crippen molar-refractivity contribution >= 4 is 23.8 Å². The molecule has 13 heteroatoms. The number of carboxylic acid groups (broad SMARTS) is 2. The summed E-state index contributed by atoms with van der Waals surface area (Å²) in [7, 11) is 0. The molecule has 1 aliphatic heterocycles. The topological polar surface area (TPSA) is 161 Å². The second-order valence-electron chi connectivity index (χ2n) is 8.94. The SMILES string of the molecule is N[C@@H](CC(=O)N1CCN(C(=O)c2cc(C(=O)O)cc(C(=O)O)c2)[C@@H](CCO)C1)Cc1cc(F)c(F)cc1F. The van der Waals surface area contributed by atoms with E-state index in [-0.39, 0.29) is 67.8 Å². The summed E-state index contributed by atoms with van der Waals surface area (Å²) in [5, 5.41) is 28.1. The van der Waals surface area contributed by atoms with Gasteiger partial charge in [0.05, 0.1) is 17.2 Å². The number of nitrogens with two attached hydrogens (primary N) is 1. The van der Waals surface area contributed by atoms with Gasteiger partial charge in [-0.3, -0.25) is 9.59 Å². The van der Waals surface area contributed by atoms with Gasteiger partial charge < -0.3 is 30.9 Å². The Morgan fingerprint density at radius 3 is 2.05 bits per heavy atom. The van der Waals surface area contributed by atoms with Gasteiger partial charge in [0.2, 0.25) is 5.91 Å². The molecular formula is C25H26F3N3O7. The van der Waals surface area contributed by atoms with E-state index in [4.69, 9.17) is 5.73 Å². The molecule has 0 spiro atoms. The van der Waals surface area contributed by atoms with Crippen molar-refractivity contribution in [3.05, 3.63) is 70.0 Å². The first-order chi connectivity index (χ1) is 17.9. The number of benzene rings is 2. The Morgan fingerprint density at radius 1 is 0.895 bits per heavy atom. The van der Waals surface area contributed by atoms with Crippen LogP contribution in [0.4, 0.5) is 13.2 Å². The molecule has 1 heterocycles. The van der Waals surface area contributed by atoms with Crippen LogP contribution in [0.2, 0.25) is 0 Å². The van der Waals surface area contributed by atoms with Gasteiger partial charge in [-0.05, 0) is 42.7 Å². The summed E-state index contributed by atoms with van der Waals surface area (Å²) in [5.41, 5.74) is 4.85. The smallest absolute Gasteiger partial charge is 0.335 e. The predicted molar refractivity (Wildman–Crippen MR) is 126 cm³/mol. The van der Waals surface area contributed by atoms with E-state index in [1.807, 2.05) is 0 Å². The lowest BCUT2D eigenvalue weighted by Crippen LogP contribution is -2.57. The maximum absolute atomic E-state index is 13.9. The Hall–Kier alpha value is -3.97. The summed E-state index contributed by atoms with van der Waals surface area (Å²) in [6, 6.07) is 2.55. The highest BCUT2D eigenvalue weighted by molar-refractivity contribution is 6.01. The first kappa shape index (κ1) is 28.6. The van der Waals surface area contributed by atoms with Gasteiger partial charge in [0, 0.05) is 50.3 Å². The van der Waals surface area contributed by atoms with Crippen LogP contribution in [0.5, 0.6) is 0 Å². The van der Waals surface area contributed by atoms with E-state index >= 15 is 0 Å². The van der Waals surface area contributed by atoms with Crippen molar-refractivity contribution in [3.8, 4) is 0 Å². The Labute approximate surface area is 215 Å². The summed E-state index contributed by atoms with van der Waals surface area (Å²) >= 11 is 0. The van der Waals surface area contributed by atoms with Gasteiger partial charge in [0.1, 0.15) is 5.82 Å². The van der Waals surface area contributed by atoms with Gasteiger partial charge in [-0.25, -0.2) is 22.8 Å². The fourth-order valence-electron chi connectivity index (χ4n) is 4.34. The van der Waals surface area contributed by atoms with Crippen molar-refractivity contribution in [2.45, 2.75) is 31.3 Å². The minimum Gasteiger partial charge on any atom is -0.478 e. The third-order valence-corrected chi connectivity index (χ3v) is 6.24. The summed E-state index contributed by atoms with van der Waals surface area (Å²) in [6.07, 6.45) is -0.397. The first-order valence-corrected chi connectivity index (χ1v) is 11.6. The molecule has 204 valence electrons. The van der Waals surface area contributed by atoms with E-state index in [2.05, 4.69) is 0 Å². The zero-order valence-corrected chi connectivity index (χ0v) is 20.1. The molecule has 10 nitrogen and oxygen atoms in total. The van der Waals surface area contributed by atoms with E-state index in [0.717, 1.165) is 18.2 Å². The van der Waals surface area contributed by atoms with Crippen LogP contribution in [-0.4, -0.2) is 87.2 Å². The largest absolute Gasteiger partial charge is 0.478 e. The van der Waals surface area contributed by atoms with E-state index < -0.39 is 53.3 Å². The van der Waals surface area contributed by atoms with E-state index in [9.17, 15) is 47.7 Å². The van der Waals surface area contributed by atoms with Crippen LogP contribution >= 0.6 is 0 Å². The molecule has 0 aromatic heterocycles. The molecule has 0 aliphatic carbocycles. The monoisotopic (exact) mass is 537 g/mol. The van der Waals surface area contributed by atoms with E-state index in [0.29, 0.717) is 12.1 Å². The zero-order chi connectivity index (χ0) is 28.1. The Kier molecular flexibility index (Phi) is 9.07. The van der Waals surface area contributed by atoms with Crippen LogP contribution in [0, 0.1) is 17.5 Å².